The van der Waals surface area contributed by atoms with Gasteiger partial charge in [0.25, 0.3) is 0 Å². The Balaban J connectivity index is 2.05. The van der Waals surface area contributed by atoms with Crippen LogP contribution in [0.1, 0.15) is 32.1 Å². The molecular formula is C11H20N2O2. The fourth-order valence-corrected chi connectivity index (χ4v) is 1.61. The molecule has 0 saturated heterocycles. The van der Waals surface area contributed by atoms with Crippen LogP contribution in [0, 0.1) is 0 Å². The normalized spacial score (nSPS) is 15.1. The lowest BCUT2D eigenvalue weighted by Crippen LogP contribution is -2.33. The number of allylic oxidation sites excluding steroid dienone is 1. The van der Waals surface area contributed by atoms with E-state index in [1.54, 1.807) is 7.11 Å². The molecule has 0 aromatic heterocycles. The number of hydrogen-bond acceptors (Lipinski definition) is 2. The molecule has 0 atom stereocenters. The van der Waals surface area contributed by atoms with Crippen LogP contribution in [-0.2, 0) is 4.74 Å². The van der Waals surface area contributed by atoms with Gasteiger partial charge in [-0.15, -0.1) is 0 Å². The zero-order valence-corrected chi connectivity index (χ0v) is 9.34. The number of hydrogen-bond donors (Lipinski definition) is 2. The fraction of sp³-hybridized carbons (Fsp3) is 0.727. The van der Waals surface area contributed by atoms with Crippen LogP contribution in [0.4, 0.5) is 4.79 Å². The summed E-state index contributed by atoms with van der Waals surface area (Å²) in [6, 6.07) is -0.120. The highest BCUT2D eigenvalue weighted by atomic mass is 16.5. The van der Waals surface area contributed by atoms with Crippen molar-refractivity contribution >= 4 is 6.03 Å². The third kappa shape index (κ3) is 5.42. The molecule has 0 unspecified atom stereocenters. The highest BCUT2D eigenvalue weighted by Crippen LogP contribution is 2.22. The van der Waals surface area contributed by atoms with E-state index in [0.29, 0.717) is 13.2 Å². The number of carbonyl (C=O) groups is 1. The van der Waals surface area contributed by atoms with Crippen molar-refractivity contribution < 1.29 is 9.53 Å². The Morgan fingerprint density at radius 1 is 1.47 bits per heavy atom. The van der Waals surface area contributed by atoms with Crippen LogP contribution in [0.3, 0.4) is 0 Å². The van der Waals surface area contributed by atoms with E-state index < -0.39 is 0 Å². The molecule has 0 bridgehead atoms. The number of methoxy groups -OCH3 is 1. The fourth-order valence-electron chi connectivity index (χ4n) is 1.61. The van der Waals surface area contributed by atoms with Gasteiger partial charge in [0.2, 0.25) is 0 Å². The van der Waals surface area contributed by atoms with E-state index in [4.69, 9.17) is 4.74 Å². The summed E-state index contributed by atoms with van der Waals surface area (Å²) < 4.78 is 4.88. The molecule has 1 aliphatic rings. The number of amides is 2. The highest BCUT2D eigenvalue weighted by molar-refractivity contribution is 5.74. The summed E-state index contributed by atoms with van der Waals surface area (Å²) in [5.41, 5.74) is 1.35. The van der Waals surface area contributed by atoms with Crippen LogP contribution in [-0.4, -0.2) is 26.3 Å². The Labute approximate surface area is 91.1 Å². The predicted octanol–water partition coefficient (Wildman–Crippen LogP) is 1.78. The molecule has 15 heavy (non-hydrogen) atoms. The number of carbonyl (C=O) groups excluding carboxylic acids is 1. The predicted molar refractivity (Wildman–Crippen MR) is 59.6 cm³/mol. The second-order valence-electron chi connectivity index (χ2n) is 3.76. The Hall–Kier alpha value is -1.03. The van der Waals surface area contributed by atoms with Gasteiger partial charge >= 0.3 is 6.03 Å². The Bertz CT molecular complexity index is 219. The van der Waals surface area contributed by atoms with Gasteiger partial charge in [0.1, 0.15) is 0 Å². The second kappa shape index (κ2) is 7.29. The van der Waals surface area contributed by atoms with Crippen molar-refractivity contribution in [1.82, 2.24) is 10.6 Å². The lowest BCUT2D eigenvalue weighted by atomic mass is 10.2. The van der Waals surface area contributed by atoms with E-state index in [1.807, 2.05) is 6.20 Å². The molecule has 0 radical (unpaired) electrons. The van der Waals surface area contributed by atoms with Crippen molar-refractivity contribution in [2.75, 3.05) is 20.3 Å². The Kier molecular flexibility index (Phi) is 5.85. The van der Waals surface area contributed by atoms with Gasteiger partial charge in [0.15, 0.2) is 0 Å². The molecule has 0 aromatic rings. The average Bonchev–Trinajstić information content (AvgIpc) is 2.74. The molecule has 0 spiro atoms. The molecule has 4 heteroatoms. The molecule has 1 fully saturated rings. The maximum atomic E-state index is 11.3. The minimum Gasteiger partial charge on any atom is -0.385 e. The lowest BCUT2D eigenvalue weighted by Gasteiger charge is -2.04. The van der Waals surface area contributed by atoms with Gasteiger partial charge in [-0.1, -0.05) is 5.57 Å². The zero-order valence-electron chi connectivity index (χ0n) is 9.34. The first-order valence-corrected chi connectivity index (χ1v) is 5.54. The minimum atomic E-state index is -0.120. The smallest absolute Gasteiger partial charge is 0.318 e. The minimum absolute atomic E-state index is 0.120. The van der Waals surface area contributed by atoms with Crippen molar-refractivity contribution in [3.05, 3.63) is 11.8 Å². The molecule has 2 N–H and O–H groups in total. The first-order chi connectivity index (χ1) is 7.33. The van der Waals surface area contributed by atoms with E-state index >= 15 is 0 Å². The largest absolute Gasteiger partial charge is 0.385 e. The SMILES string of the molecule is COCCCNC(=O)NC=C1CCCC1. The molecule has 0 aliphatic heterocycles. The number of urea groups is 1. The quantitative estimate of drug-likeness (QED) is 0.682. The third-order valence-electron chi connectivity index (χ3n) is 2.46. The van der Waals surface area contributed by atoms with Gasteiger partial charge in [-0.2, -0.15) is 0 Å². The van der Waals surface area contributed by atoms with Crippen molar-refractivity contribution in [2.45, 2.75) is 32.1 Å². The van der Waals surface area contributed by atoms with Crippen LogP contribution >= 0.6 is 0 Å². The average molecular weight is 212 g/mol. The van der Waals surface area contributed by atoms with E-state index in [-0.39, 0.29) is 6.03 Å². The first kappa shape index (κ1) is 12.0. The van der Waals surface area contributed by atoms with Gasteiger partial charge in [-0.3, -0.25) is 0 Å². The summed E-state index contributed by atoms with van der Waals surface area (Å²) >= 11 is 0. The summed E-state index contributed by atoms with van der Waals surface area (Å²) in [5, 5.41) is 5.52. The summed E-state index contributed by atoms with van der Waals surface area (Å²) in [7, 11) is 1.66. The molecule has 4 nitrogen and oxygen atoms in total. The summed E-state index contributed by atoms with van der Waals surface area (Å²) in [4.78, 5) is 11.3. The Morgan fingerprint density at radius 3 is 2.87 bits per heavy atom. The molecule has 2 amide bonds. The van der Waals surface area contributed by atoms with Crippen molar-refractivity contribution in [3.63, 3.8) is 0 Å². The third-order valence-corrected chi connectivity index (χ3v) is 2.46. The molecule has 1 saturated carbocycles. The molecule has 1 aliphatic carbocycles. The summed E-state index contributed by atoms with van der Waals surface area (Å²) in [5.74, 6) is 0. The monoisotopic (exact) mass is 212 g/mol. The summed E-state index contributed by atoms with van der Waals surface area (Å²) in [6.07, 6.45) is 7.46. The van der Waals surface area contributed by atoms with E-state index in [0.717, 1.165) is 19.3 Å². The topological polar surface area (TPSA) is 50.4 Å². The van der Waals surface area contributed by atoms with E-state index in [1.165, 1.54) is 18.4 Å². The lowest BCUT2D eigenvalue weighted by molar-refractivity contribution is 0.193. The molecule has 0 aromatic carbocycles. The van der Waals surface area contributed by atoms with Gasteiger partial charge in [0.05, 0.1) is 0 Å². The zero-order chi connectivity index (χ0) is 10.9. The molecule has 1 rings (SSSR count). The van der Waals surface area contributed by atoms with Crippen molar-refractivity contribution in [1.29, 1.82) is 0 Å². The van der Waals surface area contributed by atoms with Crippen LogP contribution in [0.25, 0.3) is 0 Å². The van der Waals surface area contributed by atoms with E-state index in [9.17, 15) is 4.79 Å². The van der Waals surface area contributed by atoms with Gasteiger partial charge in [-0.05, 0) is 32.1 Å². The highest BCUT2D eigenvalue weighted by Gasteiger charge is 2.06. The molecule has 0 heterocycles. The van der Waals surface area contributed by atoms with E-state index in [2.05, 4.69) is 10.6 Å². The van der Waals surface area contributed by atoms with Gasteiger partial charge in [0, 0.05) is 26.5 Å². The van der Waals surface area contributed by atoms with Gasteiger partial charge < -0.3 is 15.4 Å². The molecular weight excluding hydrogens is 192 g/mol. The van der Waals surface area contributed by atoms with Crippen LogP contribution in [0.5, 0.6) is 0 Å². The first-order valence-electron chi connectivity index (χ1n) is 5.54. The number of ether oxygens (including phenoxy) is 1. The Morgan fingerprint density at radius 2 is 2.20 bits per heavy atom. The summed E-state index contributed by atoms with van der Waals surface area (Å²) in [6.45, 7) is 1.34. The van der Waals surface area contributed by atoms with Crippen LogP contribution < -0.4 is 10.6 Å². The van der Waals surface area contributed by atoms with Gasteiger partial charge in [-0.25, -0.2) is 4.79 Å². The van der Waals surface area contributed by atoms with Crippen molar-refractivity contribution in [3.8, 4) is 0 Å². The number of rotatable bonds is 5. The molecule has 86 valence electrons. The van der Waals surface area contributed by atoms with Crippen LogP contribution in [0.2, 0.25) is 0 Å². The van der Waals surface area contributed by atoms with Crippen LogP contribution in [0.15, 0.2) is 11.8 Å². The van der Waals surface area contributed by atoms with Crippen molar-refractivity contribution in [2.24, 2.45) is 0 Å². The standard InChI is InChI=1S/C11H20N2O2/c1-15-8-4-7-12-11(14)13-9-10-5-2-3-6-10/h9H,2-8H2,1H3,(H2,12,13,14). The number of nitrogens with one attached hydrogen (secondary N) is 2. The maximum absolute atomic E-state index is 11.3. The maximum Gasteiger partial charge on any atom is 0.318 e. The second-order valence-corrected chi connectivity index (χ2v) is 3.76.